The Kier molecular flexibility index (Phi) is 5.31. The first kappa shape index (κ1) is 15.5. The first-order valence-corrected chi connectivity index (χ1v) is 7.47. The Bertz CT molecular complexity index is 482. The zero-order chi connectivity index (χ0) is 15.2. The second-order valence-corrected chi connectivity index (χ2v) is 5.65. The fourth-order valence-electron chi connectivity index (χ4n) is 2.71. The summed E-state index contributed by atoms with van der Waals surface area (Å²) in [5.74, 6) is 0.363. The van der Waals surface area contributed by atoms with E-state index in [1.807, 2.05) is 29.0 Å². The van der Waals surface area contributed by atoms with Crippen LogP contribution in [0.4, 0.5) is 0 Å². The van der Waals surface area contributed by atoms with Crippen LogP contribution in [0, 0.1) is 5.92 Å². The summed E-state index contributed by atoms with van der Waals surface area (Å²) in [6, 6.07) is 3.95. The first-order valence-electron chi connectivity index (χ1n) is 7.47. The van der Waals surface area contributed by atoms with Crippen LogP contribution in [0.2, 0.25) is 0 Å². The Morgan fingerprint density at radius 1 is 1.29 bits per heavy atom. The summed E-state index contributed by atoms with van der Waals surface area (Å²) in [5.41, 5.74) is 1.19. The quantitative estimate of drug-likeness (QED) is 0.840. The van der Waals surface area contributed by atoms with E-state index in [0.29, 0.717) is 13.1 Å². The standard InChI is InChI=1S/C16H23N3O2/c1-13(20)19-11-6-15(7-12-19)16(21)18(2)10-5-14-3-8-17-9-4-14/h3-4,8-9,15H,5-7,10-12H2,1-2H3. The summed E-state index contributed by atoms with van der Waals surface area (Å²) < 4.78 is 0. The van der Waals surface area contributed by atoms with Gasteiger partial charge in [0.05, 0.1) is 0 Å². The Labute approximate surface area is 126 Å². The number of nitrogens with zero attached hydrogens (tertiary/aromatic N) is 3. The summed E-state index contributed by atoms with van der Waals surface area (Å²) in [6.07, 6.45) is 5.94. The number of amides is 2. The molecular weight excluding hydrogens is 266 g/mol. The molecule has 1 saturated heterocycles. The van der Waals surface area contributed by atoms with Crippen LogP contribution in [-0.2, 0) is 16.0 Å². The lowest BCUT2D eigenvalue weighted by atomic mass is 9.95. The molecule has 1 aromatic heterocycles. The lowest BCUT2D eigenvalue weighted by Gasteiger charge is -2.32. The maximum absolute atomic E-state index is 12.4. The molecule has 0 N–H and O–H groups in total. The van der Waals surface area contributed by atoms with Gasteiger partial charge in [-0.05, 0) is 37.0 Å². The number of pyridine rings is 1. The number of rotatable bonds is 4. The molecule has 0 atom stereocenters. The van der Waals surface area contributed by atoms with Crippen LogP contribution < -0.4 is 0 Å². The summed E-state index contributed by atoms with van der Waals surface area (Å²) in [4.78, 5) is 31.3. The van der Waals surface area contributed by atoms with E-state index in [1.165, 1.54) is 5.56 Å². The van der Waals surface area contributed by atoms with Crippen LogP contribution in [0.3, 0.4) is 0 Å². The molecule has 0 unspecified atom stereocenters. The highest BCUT2D eigenvalue weighted by molar-refractivity contribution is 5.79. The van der Waals surface area contributed by atoms with Crippen LogP contribution >= 0.6 is 0 Å². The third-order valence-corrected chi connectivity index (χ3v) is 4.15. The second-order valence-electron chi connectivity index (χ2n) is 5.65. The van der Waals surface area contributed by atoms with Crippen molar-refractivity contribution in [2.24, 2.45) is 5.92 Å². The lowest BCUT2D eigenvalue weighted by Crippen LogP contribution is -2.43. The van der Waals surface area contributed by atoms with Gasteiger partial charge in [-0.15, -0.1) is 0 Å². The molecule has 114 valence electrons. The molecule has 0 spiro atoms. The molecule has 5 nitrogen and oxygen atoms in total. The topological polar surface area (TPSA) is 53.5 Å². The van der Waals surface area contributed by atoms with Crippen LogP contribution in [0.1, 0.15) is 25.3 Å². The van der Waals surface area contributed by atoms with Crippen LogP contribution in [0.25, 0.3) is 0 Å². The Hall–Kier alpha value is -1.91. The largest absolute Gasteiger partial charge is 0.345 e. The second kappa shape index (κ2) is 7.20. The van der Waals surface area contributed by atoms with Crippen molar-refractivity contribution in [3.63, 3.8) is 0 Å². The monoisotopic (exact) mass is 289 g/mol. The van der Waals surface area contributed by atoms with E-state index in [9.17, 15) is 9.59 Å². The molecule has 2 heterocycles. The average molecular weight is 289 g/mol. The predicted molar refractivity (Wildman–Crippen MR) is 80.6 cm³/mol. The van der Waals surface area contributed by atoms with Gasteiger partial charge >= 0.3 is 0 Å². The van der Waals surface area contributed by atoms with E-state index in [-0.39, 0.29) is 17.7 Å². The van der Waals surface area contributed by atoms with Gasteiger partial charge in [0.1, 0.15) is 0 Å². The van der Waals surface area contributed by atoms with Crippen molar-refractivity contribution in [3.05, 3.63) is 30.1 Å². The molecule has 21 heavy (non-hydrogen) atoms. The van der Waals surface area contributed by atoms with Gasteiger partial charge in [0.15, 0.2) is 0 Å². The van der Waals surface area contributed by atoms with E-state index in [2.05, 4.69) is 4.98 Å². The predicted octanol–water partition coefficient (Wildman–Crippen LogP) is 1.34. The van der Waals surface area contributed by atoms with Gasteiger partial charge < -0.3 is 9.80 Å². The Morgan fingerprint density at radius 2 is 1.90 bits per heavy atom. The fourth-order valence-corrected chi connectivity index (χ4v) is 2.71. The summed E-state index contributed by atoms with van der Waals surface area (Å²) in [7, 11) is 1.86. The molecule has 0 aliphatic carbocycles. The van der Waals surface area contributed by atoms with Crippen molar-refractivity contribution in [2.75, 3.05) is 26.7 Å². The third kappa shape index (κ3) is 4.28. The highest BCUT2D eigenvalue weighted by atomic mass is 16.2. The molecule has 0 bridgehead atoms. The molecule has 2 amide bonds. The summed E-state index contributed by atoms with van der Waals surface area (Å²) in [5, 5.41) is 0. The number of hydrogen-bond donors (Lipinski definition) is 0. The summed E-state index contributed by atoms with van der Waals surface area (Å²) >= 11 is 0. The highest BCUT2D eigenvalue weighted by Gasteiger charge is 2.27. The van der Waals surface area contributed by atoms with Gasteiger partial charge in [0.25, 0.3) is 0 Å². The third-order valence-electron chi connectivity index (χ3n) is 4.15. The maximum atomic E-state index is 12.4. The van der Waals surface area contributed by atoms with Crippen LogP contribution in [0.15, 0.2) is 24.5 Å². The molecule has 5 heteroatoms. The normalized spacial score (nSPS) is 15.8. The number of hydrogen-bond acceptors (Lipinski definition) is 3. The smallest absolute Gasteiger partial charge is 0.225 e. The summed E-state index contributed by atoms with van der Waals surface area (Å²) in [6.45, 7) is 3.70. The molecular formula is C16H23N3O2. The van der Waals surface area contributed by atoms with E-state index in [0.717, 1.165) is 25.8 Å². The molecule has 0 radical (unpaired) electrons. The maximum Gasteiger partial charge on any atom is 0.225 e. The van der Waals surface area contributed by atoms with Crippen LogP contribution in [0.5, 0.6) is 0 Å². The number of carbonyl (C=O) groups is 2. The first-order chi connectivity index (χ1) is 10.1. The number of aromatic nitrogens is 1. The van der Waals surface area contributed by atoms with Gasteiger partial charge in [-0.2, -0.15) is 0 Å². The minimum absolute atomic E-state index is 0.0584. The molecule has 1 aromatic rings. The van der Waals surface area contributed by atoms with E-state index < -0.39 is 0 Å². The van der Waals surface area contributed by atoms with E-state index in [4.69, 9.17) is 0 Å². The van der Waals surface area contributed by atoms with Crippen molar-refractivity contribution in [1.29, 1.82) is 0 Å². The van der Waals surface area contributed by atoms with Crippen molar-refractivity contribution in [1.82, 2.24) is 14.8 Å². The number of carbonyl (C=O) groups excluding carboxylic acids is 2. The van der Waals surface area contributed by atoms with Gasteiger partial charge in [-0.25, -0.2) is 0 Å². The van der Waals surface area contributed by atoms with Crippen molar-refractivity contribution in [2.45, 2.75) is 26.2 Å². The van der Waals surface area contributed by atoms with Gasteiger partial charge in [-0.3, -0.25) is 14.6 Å². The number of likely N-dealkylation sites (tertiary alicyclic amines) is 1. The molecule has 0 saturated carbocycles. The van der Waals surface area contributed by atoms with E-state index in [1.54, 1.807) is 19.3 Å². The van der Waals surface area contributed by atoms with Crippen molar-refractivity contribution in [3.8, 4) is 0 Å². The lowest BCUT2D eigenvalue weighted by molar-refractivity contribution is -0.139. The SMILES string of the molecule is CC(=O)N1CCC(C(=O)N(C)CCc2ccncc2)CC1. The minimum atomic E-state index is 0.0584. The van der Waals surface area contributed by atoms with E-state index >= 15 is 0 Å². The molecule has 0 aromatic carbocycles. The van der Waals surface area contributed by atoms with Crippen LogP contribution in [-0.4, -0.2) is 53.3 Å². The van der Waals surface area contributed by atoms with Crippen molar-refractivity contribution < 1.29 is 9.59 Å². The zero-order valence-corrected chi connectivity index (χ0v) is 12.8. The minimum Gasteiger partial charge on any atom is -0.345 e. The molecule has 1 aliphatic rings. The molecule has 1 aliphatic heterocycles. The number of likely N-dealkylation sites (N-methyl/N-ethyl adjacent to an activating group) is 1. The fraction of sp³-hybridized carbons (Fsp3) is 0.562. The van der Waals surface area contributed by atoms with Gasteiger partial charge in [0.2, 0.25) is 11.8 Å². The zero-order valence-electron chi connectivity index (χ0n) is 12.8. The average Bonchev–Trinajstić information content (AvgIpc) is 2.53. The Morgan fingerprint density at radius 3 is 2.48 bits per heavy atom. The highest BCUT2D eigenvalue weighted by Crippen LogP contribution is 2.19. The van der Waals surface area contributed by atoms with Gasteiger partial charge in [-0.1, -0.05) is 0 Å². The Balaban J connectivity index is 1.79. The molecule has 1 fully saturated rings. The molecule has 2 rings (SSSR count). The number of piperidine rings is 1. The van der Waals surface area contributed by atoms with Crippen molar-refractivity contribution >= 4 is 11.8 Å². The van der Waals surface area contributed by atoms with Gasteiger partial charge in [0, 0.05) is 51.9 Å².